The van der Waals surface area contributed by atoms with Crippen molar-refractivity contribution in [2.24, 2.45) is 0 Å². The number of hydrogen-bond acceptors (Lipinski definition) is 3. The Bertz CT molecular complexity index is 426. The van der Waals surface area contributed by atoms with Gasteiger partial charge in [-0.05, 0) is 24.3 Å². The molecule has 0 aromatic heterocycles. The maximum atomic E-state index is 10.7. The molecule has 0 aliphatic rings. The summed E-state index contributed by atoms with van der Waals surface area (Å²) in [7, 11) is 0. The molecule has 0 bridgehead atoms. The summed E-state index contributed by atoms with van der Waals surface area (Å²) in [5.74, 6) is -0.608. The van der Waals surface area contributed by atoms with Crippen LogP contribution in [0.2, 0.25) is 0 Å². The minimum atomic E-state index is -1.03. The number of rotatable bonds is 5. The Morgan fingerprint density at radius 2 is 2.25 bits per heavy atom. The van der Waals surface area contributed by atoms with Crippen LogP contribution in [0.1, 0.15) is 10.4 Å². The quantitative estimate of drug-likeness (QED) is 0.666. The van der Waals surface area contributed by atoms with Crippen molar-refractivity contribution in [2.45, 2.75) is 0 Å². The van der Waals surface area contributed by atoms with Crippen LogP contribution in [0.25, 0.3) is 0 Å². The Labute approximate surface area is 101 Å². The third-order valence-corrected chi connectivity index (χ3v) is 2.19. The smallest absolute Gasteiger partial charge is 0.328 e. The van der Waals surface area contributed by atoms with Crippen LogP contribution in [0.3, 0.4) is 0 Å². The fourth-order valence-electron chi connectivity index (χ4n) is 1.03. The fourth-order valence-corrected chi connectivity index (χ4v) is 1.41. The topological polar surface area (TPSA) is 63.6 Å². The molecular formula is C11H9BrO4. The number of carboxylic acids is 1. The van der Waals surface area contributed by atoms with Crippen molar-refractivity contribution in [2.75, 3.05) is 6.61 Å². The highest BCUT2D eigenvalue weighted by molar-refractivity contribution is 9.10. The van der Waals surface area contributed by atoms with E-state index in [1.165, 1.54) is 6.08 Å². The van der Waals surface area contributed by atoms with E-state index in [1.807, 2.05) is 0 Å². The van der Waals surface area contributed by atoms with Crippen molar-refractivity contribution in [3.63, 3.8) is 0 Å². The van der Waals surface area contributed by atoms with E-state index >= 15 is 0 Å². The Morgan fingerprint density at radius 3 is 2.88 bits per heavy atom. The molecule has 0 aliphatic heterocycles. The van der Waals surface area contributed by atoms with E-state index < -0.39 is 5.97 Å². The number of carbonyl (C=O) groups excluding carboxylic acids is 1. The third-order valence-electron chi connectivity index (χ3n) is 1.69. The van der Waals surface area contributed by atoms with Gasteiger partial charge in [-0.3, -0.25) is 4.79 Å². The van der Waals surface area contributed by atoms with Crippen LogP contribution in [0.4, 0.5) is 0 Å². The highest BCUT2D eigenvalue weighted by Crippen LogP contribution is 2.21. The third kappa shape index (κ3) is 3.86. The lowest BCUT2D eigenvalue weighted by Crippen LogP contribution is -1.98. The van der Waals surface area contributed by atoms with Crippen LogP contribution in [-0.4, -0.2) is 24.0 Å². The van der Waals surface area contributed by atoms with Crippen LogP contribution >= 0.6 is 15.9 Å². The second kappa shape index (κ2) is 6.07. The van der Waals surface area contributed by atoms with Gasteiger partial charge in [0, 0.05) is 10.5 Å². The second-order valence-electron chi connectivity index (χ2n) is 2.85. The highest BCUT2D eigenvalue weighted by atomic mass is 79.9. The first kappa shape index (κ1) is 12.4. The summed E-state index contributed by atoms with van der Waals surface area (Å²) in [4.78, 5) is 20.9. The fraction of sp³-hybridized carbons (Fsp3) is 0.0909. The van der Waals surface area contributed by atoms with Crippen LogP contribution in [0.15, 0.2) is 34.8 Å². The molecule has 0 saturated carbocycles. The lowest BCUT2D eigenvalue weighted by molar-refractivity contribution is -0.131. The number of benzene rings is 1. The SMILES string of the molecule is O=Cc1cc(Br)ccc1OCC=CC(=O)O. The Balaban J connectivity index is 2.66. The van der Waals surface area contributed by atoms with Crippen molar-refractivity contribution in [3.05, 3.63) is 40.4 Å². The molecule has 1 rings (SSSR count). The predicted octanol–water partition coefficient (Wildman–Crippen LogP) is 2.28. The van der Waals surface area contributed by atoms with E-state index in [4.69, 9.17) is 9.84 Å². The molecule has 0 heterocycles. The zero-order valence-electron chi connectivity index (χ0n) is 8.22. The summed E-state index contributed by atoms with van der Waals surface area (Å²) in [6.07, 6.45) is 3.03. The molecule has 4 nitrogen and oxygen atoms in total. The number of ether oxygens (including phenoxy) is 1. The standard InChI is InChI=1S/C11H9BrO4/c12-9-3-4-10(8(6-9)7-13)16-5-1-2-11(14)15/h1-4,6-7H,5H2,(H,14,15). The van der Waals surface area contributed by atoms with Crippen molar-refractivity contribution in [1.29, 1.82) is 0 Å². The maximum absolute atomic E-state index is 10.7. The first-order chi connectivity index (χ1) is 7.63. The Hall–Kier alpha value is -1.62. The Kier molecular flexibility index (Phi) is 4.72. The van der Waals surface area contributed by atoms with Gasteiger partial charge >= 0.3 is 5.97 Å². The minimum Gasteiger partial charge on any atom is -0.489 e. The van der Waals surface area contributed by atoms with Crippen molar-refractivity contribution in [1.82, 2.24) is 0 Å². The van der Waals surface area contributed by atoms with Gasteiger partial charge in [0.25, 0.3) is 0 Å². The molecule has 1 aromatic carbocycles. The Morgan fingerprint density at radius 1 is 1.50 bits per heavy atom. The maximum Gasteiger partial charge on any atom is 0.328 e. The minimum absolute atomic E-state index is 0.106. The summed E-state index contributed by atoms with van der Waals surface area (Å²) in [6.45, 7) is 0.106. The number of hydrogen-bond donors (Lipinski definition) is 1. The molecule has 0 amide bonds. The van der Waals surface area contributed by atoms with Gasteiger partial charge in [0.15, 0.2) is 6.29 Å². The molecule has 0 spiro atoms. The van der Waals surface area contributed by atoms with Gasteiger partial charge in [0.2, 0.25) is 0 Å². The number of carbonyl (C=O) groups is 2. The number of aliphatic carboxylic acids is 1. The predicted molar refractivity (Wildman–Crippen MR) is 61.8 cm³/mol. The van der Waals surface area contributed by atoms with E-state index in [-0.39, 0.29) is 6.61 Å². The van der Waals surface area contributed by atoms with Gasteiger partial charge in [0.05, 0.1) is 5.56 Å². The van der Waals surface area contributed by atoms with Crippen molar-refractivity contribution >= 4 is 28.2 Å². The van der Waals surface area contributed by atoms with E-state index in [0.717, 1.165) is 10.5 Å². The summed E-state index contributed by atoms with van der Waals surface area (Å²) in [5.41, 5.74) is 0.415. The molecule has 0 atom stereocenters. The van der Waals surface area contributed by atoms with Gasteiger partial charge in [-0.25, -0.2) is 4.79 Å². The monoisotopic (exact) mass is 284 g/mol. The van der Waals surface area contributed by atoms with Crippen LogP contribution in [0.5, 0.6) is 5.75 Å². The van der Waals surface area contributed by atoms with Gasteiger partial charge in [0.1, 0.15) is 12.4 Å². The molecular weight excluding hydrogens is 276 g/mol. The molecule has 5 heteroatoms. The summed E-state index contributed by atoms with van der Waals surface area (Å²) >= 11 is 3.23. The number of carboxylic acid groups (broad SMARTS) is 1. The number of halogens is 1. The van der Waals surface area contributed by atoms with Crippen molar-refractivity contribution in [3.8, 4) is 5.75 Å². The van der Waals surface area contributed by atoms with Gasteiger partial charge in [-0.2, -0.15) is 0 Å². The van der Waals surface area contributed by atoms with Gasteiger partial charge in [-0.1, -0.05) is 15.9 Å². The zero-order chi connectivity index (χ0) is 12.0. The molecule has 1 N–H and O–H groups in total. The summed E-state index contributed by atoms with van der Waals surface area (Å²) in [5, 5.41) is 8.34. The van der Waals surface area contributed by atoms with E-state index in [2.05, 4.69) is 15.9 Å². The lowest BCUT2D eigenvalue weighted by atomic mass is 10.2. The molecule has 0 aliphatic carbocycles. The molecule has 0 fully saturated rings. The molecule has 0 unspecified atom stereocenters. The largest absolute Gasteiger partial charge is 0.489 e. The van der Waals surface area contributed by atoms with Crippen molar-refractivity contribution < 1.29 is 19.4 Å². The second-order valence-corrected chi connectivity index (χ2v) is 3.77. The first-order valence-corrected chi connectivity index (χ1v) is 5.20. The molecule has 1 aromatic rings. The van der Waals surface area contributed by atoms with E-state index in [0.29, 0.717) is 17.6 Å². The molecule has 0 radical (unpaired) electrons. The molecule has 16 heavy (non-hydrogen) atoms. The summed E-state index contributed by atoms with van der Waals surface area (Å²) < 4.78 is 6.01. The lowest BCUT2D eigenvalue weighted by Gasteiger charge is -2.05. The molecule has 0 saturated heterocycles. The van der Waals surface area contributed by atoms with Gasteiger partial charge in [-0.15, -0.1) is 0 Å². The number of aldehydes is 1. The first-order valence-electron chi connectivity index (χ1n) is 4.40. The van der Waals surface area contributed by atoms with E-state index in [1.54, 1.807) is 18.2 Å². The zero-order valence-corrected chi connectivity index (χ0v) is 9.81. The highest BCUT2D eigenvalue weighted by Gasteiger charge is 2.02. The average molecular weight is 285 g/mol. The molecule has 84 valence electrons. The average Bonchev–Trinajstić information content (AvgIpc) is 2.25. The van der Waals surface area contributed by atoms with E-state index in [9.17, 15) is 9.59 Å². The van der Waals surface area contributed by atoms with Gasteiger partial charge < -0.3 is 9.84 Å². The normalized spacial score (nSPS) is 10.3. The summed E-state index contributed by atoms with van der Waals surface area (Å²) in [6, 6.07) is 5.01. The van der Waals surface area contributed by atoms with Crippen LogP contribution in [0, 0.1) is 0 Å². The van der Waals surface area contributed by atoms with Crippen LogP contribution < -0.4 is 4.74 Å². The van der Waals surface area contributed by atoms with Crippen LogP contribution in [-0.2, 0) is 4.79 Å².